The van der Waals surface area contributed by atoms with Crippen LogP contribution in [0.15, 0.2) is 60.7 Å². The van der Waals surface area contributed by atoms with Crippen LogP contribution in [-0.2, 0) is 36.9 Å². The number of carbonyl (C=O) groups excluding carboxylic acids is 3. The molecule has 0 aliphatic carbocycles. The molecule has 2 aromatic rings. The number of hydrogen-bond acceptors (Lipinski definition) is 6. The fourth-order valence-electron chi connectivity index (χ4n) is 2.98. The molecular weight excluding hydrogens is 440 g/mol. The average molecular weight is 471 g/mol. The number of carboxylic acids is 1. The van der Waals surface area contributed by atoms with Crippen LogP contribution in [0.3, 0.4) is 0 Å². The predicted molar refractivity (Wildman–Crippen MR) is 124 cm³/mol. The highest BCUT2D eigenvalue weighted by Gasteiger charge is 2.30. The van der Waals surface area contributed by atoms with Gasteiger partial charge in [0, 0.05) is 6.42 Å². The van der Waals surface area contributed by atoms with Gasteiger partial charge in [-0.25, -0.2) is 9.59 Å². The normalized spacial score (nSPS) is 12.7. The zero-order valence-corrected chi connectivity index (χ0v) is 19.4. The van der Waals surface area contributed by atoms with E-state index in [1.807, 2.05) is 12.1 Å². The van der Waals surface area contributed by atoms with Gasteiger partial charge in [-0.3, -0.25) is 9.59 Å². The number of ether oxygens (including phenoxy) is 2. The third-order valence-corrected chi connectivity index (χ3v) is 4.49. The quantitative estimate of drug-likeness (QED) is 0.455. The van der Waals surface area contributed by atoms with Gasteiger partial charge in [0.1, 0.15) is 24.3 Å². The summed E-state index contributed by atoms with van der Waals surface area (Å²) in [6.07, 6.45) is -1.39. The first-order valence-electron chi connectivity index (χ1n) is 10.8. The lowest BCUT2D eigenvalue weighted by Gasteiger charge is -2.25. The third kappa shape index (κ3) is 9.72. The maximum Gasteiger partial charge on any atom is 0.408 e. The van der Waals surface area contributed by atoms with E-state index in [2.05, 4.69) is 10.6 Å². The number of alkyl carbamates (subject to hydrolysis) is 1. The van der Waals surface area contributed by atoms with Crippen molar-refractivity contribution in [2.24, 2.45) is 0 Å². The van der Waals surface area contributed by atoms with Crippen LogP contribution >= 0.6 is 0 Å². The van der Waals surface area contributed by atoms with E-state index in [0.29, 0.717) is 5.56 Å². The van der Waals surface area contributed by atoms with E-state index in [1.165, 1.54) is 0 Å². The molecular formula is C25H30N2O7. The highest BCUT2D eigenvalue weighted by Crippen LogP contribution is 2.10. The second-order valence-electron chi connectivity index (χ2n) is 8.64. The van der Waals surface area contributed by atoms with Gasteiger partial charge in [0.15, 0.2) is 0 Å². The fourth-order valence-corrected chi connectivity index (χ4v) is 2.98. The molecule has 182 valence electrons. The Labute approximate surface area is 198 Å². The number of benzene rings is 2. The number of carboxylic acid groups (broad SMARTS) is 1. The lowest BCUT2D eigenvalue weighted by molar-refractivity contribution is -0.152. The Morgan fingerprint density at radius 2 is 1.41 bits per heavy atom. The molecule has 0 fully saturated rings. The lowest BCUT2D eigenvalue weighted by atomic mass is 10.0. The van der Waals surface area contributed by atoms with E-state index in [4.69, 9.17) is 9.47 Å². The standard InChI is InChI=1S/C25H30N2O7/c1-25(2,3)34-24(32)27-19(14-17-10-6-4-7-11-17)22(30)26-20(15-21(28)29)23(31)33-16-18-12-8-5-9-13-18/h4-13,19-20H,14-16H2,1-3H3,(H,26,30)(H,27,32)(H,28,29)/t19-,20+/m0/s1. The summed E-state index contributed by atoms with van der Waals surface area (Å²) in [5.41, 5.74) is 0.676. The number of rotatable bonds is 10. The fraction of sp³-hybridized carbons (Fsp3) is 0.360. The Morgan fingerprint density at radius 1 is 0.853 bits per heavy atom. The van der Waals surface area contributed by atoms with Gasteiger partial charge in [-0.2, -0.15) is 0 Å². The minimum atomic E-state index is -1.44. The van der Waals surface area contributed by atoms with Crippen molar-refractivity contribution in [3.8, 4) is 0 Å². The SMILES string of the molecule is CC(C)(C)OC(=O)N[C@@H](Cc1ccccc1)C(=O)N[C@H](CC(=O)O)C(=O)OCc1ccccc1. The molecule has 2 amide bonds. The summed E-state index contributed by atoms with van der Waals surface area (Å²) in [6, 6.07) is 15.2. The summed E-state index contributed by atoms with van der Waals surface area (Å²) < 4.78 is 10.5. The van der Waals surface area contributed by atoms with Crippen LogP contribution in [0.2, 0.25) is 0 Å². The Balaban J connectivity index is 2.13. The maximum atomic E-state index is 13.0. The van der Waals surface area contributed by atoms with E-state index in [1.54, 1.807) is 69.3 Å². The number of esters is 1. The number of carbonyl (C=O) groups is 4. The van der Waals surface area contributed by atoms with Crippen molar-refractivity contribution in [3.05, 3.63) is 71.8 Å². The monoisotopic (exact) mass is 470 g/mol. The van der Waals surface area contributed by atoms with Gasteiger partial charge in [0.05, 0.1) is 6.42 Å². The topological polar surface area (TPSA) is 131 Å². The third-order valence-electron chi connectivity index (χ3n) is 4.49. The molecule has 2 atom stereocenters. The number of hydrogen-bond donors (Lipinski definition) is 3. The van der Waals surface area contributed by atoms with Crippen molar-refractivity contribution >= 4 is 23.9 Å². The number of nitrogens with one attached hydrogen (secondary N) is 2. The molecule has 9 nitrogen and oxygen atoms in total. The highest BCUT2D eigenvalue weighted by atomic mass is 16.6. The Kier molecular flexibility index (Phi) is 9.61. The summed E-state index contributed by atoms with van der Waals surface area (Å²) in [6.45, 7) is 4.98. The molecule has 0 aromatic heterocycles. The first-order valence-corrected chi connectivity index (χ1v) is 10.8. The van der Waals surface area contributed by atoms with Crippen molar-refractivity contribution in [3.63, 3.8) is 0 Å². The van der Waals surface area contributed by atoms with Crippen LogP contribution in [0, 0.1) is 0 Å². The second-order valence-corrected chi connectivity index (χ2v) is 8.64. The molecule has 34 heavy (non-hydrogen) atoms. The molecule has 0 radical (unpaired) electrons. The van der Waals surface area contributed by atoms with Crippen molar-refractivity contribution in [1.29, 1.82) is 0 Å². The van der Waals surface area contributed by atoms with E-state index >= 15 is 0 Å². The van der Waals surface area contributed by atoms with Crippen molar-refractivity contribution in [2.75, 3.05) is 0 Å². The second kappa shape index (κ2) is 12.4. The molecule has 0 heterocycles. The number of amides is 2. The predicted octanol–water partition coefficient (Wildman–Crippen LogP) is 2.83. The summed E-state index contributed by atoms with van der Waals surface area (Å²) >= 11 is 0. The molecule has 0 aliphatic heterocycles. The molecule has 9 heteroatoms. The van der Waals surface area contributed by atoms with Crippen LogP contribution < -0.4 is 10.6 Å². The van der Waals surface area contributed by atoms with E-state index in [9.17, 15) is 24.3 Å². The molecule has 0 saturated carbocycles. The van der Waals surface area contributed by atoms with Crippen LogP contribution in [0.5, 0.6) is 0 Å². The Morgan fingerprint density at radius 3 is 1.94 bits per heavy atom. The van der Waals surface area contributed by atoms with Crippen molar-refractivity contribution < 1.29 is 33.8 Å². The molecule has 0 spiro atoms. The minimum Gasteiger partial charge on any atom is -0.481 e. The van der Waals surface area contributed by atoms with E-state index in [-0.39, 0.29) is 13.0 Å². The van der Waals surface area contributed by atoms with E-state index in [0.717, 1.165) is 5.56 Å². The average Bonchev–Trinajstić information content (AvgIpc) is 2.76. The first-order chi connectivity index (χ1) is 16.0. The van der Waals surface area contributed by atoms with Gasteiger partial charge in [-0.05, 0) is 31.9 Å². The molecule has 0 unspecified atom stereocenters. The molecule has 2 rings (SSSR count). The molecule has 0 saturated heterocycles. The maximum absolute atomic E-state index is 13.0. The smallest absolute Gasteiger partial charge is 0.408 e. The van der Waals surface area contributed by atoms with Gasteiger partial charge in [0.25, 0.3) is 0 Å². The van der Waals surface area contributed by atoms with E-state index < -0.39 is 48.0 Å². The van der Waals surface area contributed by atoms with Gasteiger partial charge in [-0.15, -0.1) is 0 Å². The van der Waals surface area contributed by atoms with Crippen molar-refractivity contribution in [2.45, 2.75) is 57.9 Å². The molecule has 0 aliphatic rings. The van der Waals surface area contributed by atoms with Gasteiger partial charge < -0.3 is 25.2 Å². The highest BCUT2D eigenvalue weighted by molar-refractivity contribution is 5.91. The number of aliphatic carboxylic acids is 1. The van der Waals surface area contributed by atoms with Crippen LogP contribution in [0.25, 0.3) is 0 Å². The minimum absolute atomic E-state index is 0.0741. The largest absolute Gasteiger partial charge is 0.481 e. The van der Waals surface area contributed by atoms with Crippen LogP contribution in [0.4, 0.5) is 4.79 Å². The zero-order valence-electron chi connectivity index (χ0n) is 19.4. The van der Waals surface area contributed by atoms with Crippen LogP contribution in [0.1, 0.15) is 38.3 Å². The first kappa shape index (κ1) is 26.4. The Hall–Kier alpha value is -3.88. The summed E-state index contributed by atoms with van der Waals surface area (Å²) in [4.78, 5) is 49.2. The summed E-state index contributed by atoms with van der Waals surface area (Å²) in [5, 5.41) is 14.1. The zero-order chi connectivity index (χ0) is 25.1. The summed E-state index contributed by atoms with van der Waals surface area (Å²) in [7, 11) is 0. The summed E-state index contributed by atoms with van der Waals surface area (Å²) in [5.74, 6) is -2.92. The van der Waals surface area contributed by atoms with Gasteiger partial charge in [0.2, 0.25) is 5.91 Å². The van der Waals surface area contributed by atoms with Gasteiger partial charge >= 0.3 is 18.0 Å². The van der Waals surface area contributed by atoms with Gasteiger partial charge in [-0.1, -0.05) is 60.7 Å². The molecule has 0 bridgehead atoms. The lowest BCUT2D eigenvalue weighted by Crippen LogP contribution is -2.53. The Bertz CT molecular complexity index is 972. The van der Waals surface area contributed by atoms with Crippen LogP contribution in [-0.4, -0.2) is 46.7 Å². The van der Waals surface area contributed by atoms with Crippen molar-refractivity contribution in [1.82, 2.24) is 10.6 Å². The molecule has 2 aromatic carbocycles. The molecule has 3 N–H and O–H groups in total.